The van der Waals surface area contributed by atoms with Gasteiger partial charge in [0.2, 0.25) is 0 Å². The van der Waals surface area contributed by atoms with Crippen molar-refractivity contribution in [2.45, 2.75) is 13.6 Å². The predicted octanol–water partition coefficient (Wildman–Crippen LogP) is 2.37. The van der Waals surface area contributed by atoms with Crippen LogP contribution < -0.4 is 4.74 Å². The van der Waals surface area contributed by atoms with Gasteiger partial charge in [0.05, 0.1) is 7.11 Å². The molecule has 0 fully saturated rings. The van der Waals surface area contributed by atoms with Gasteiger partial charge >= 0.3 is 0 Å². The van der Waals surface area contributed by atoms with Crippen LogP contribution >= 0.6 is 0 Å². The van der Waals surface area contributed by atoms with Gasteiger partial charge in [0.1, 0.15) is 12.4 Å². The molecule has 3 heteroatoms. The van der Waals surface area contributed by atoms with Crippen LogP contribution in [0.25, 0.3) is 0 Å². The van der Waals surface area contributed by atoms with Crippen molar-refractivity contribution in [3.63, 3.8) is 0 Å². The molecule has 0 heterocycles. The number of Topliss-reactive ketones (excluding diaryl/α,β-unsaturated/α-hetero) is 1. The molecule has 0 saturated carbocycles. The monoisotopic (exact) mass is 182 g/mol. The highest BCUT2D eigenvalue weighted by Gasteiger charge is 2.06. The van der Waals surface area contributed by atoms with Gasteiger partial charge in [-0.25, -0.2) is 4.39 Å². The summed E-state index contributed by atoms with van der Waals surface area (Å²) in [5.41, 5.74) is 0.920. The Morgan fingerprint density at radius 3 is 2.69 bits per heavy atom. The van der Waals surface area contributed by atoms with Crippen LogP contribution in [0.5, 0.6) is 5.75 Å². The maximum atomic E-state index is 12.4. The minimum Gasteiger partial charge on any atom is -0.496 e. The molecule has 0 N–H and O–H groups in total. The molecule has 0 radical (unpaired) electrons. The van der Waals surface area contributed by atoms with E-state index < -0.39 is 6.67 Å². The van der Waals surface area contributed by atoms with Gasteiger partial charge in [0.25, 0.3) is 0 Å². The summed E-state index contributed by atoms with van der Waals surface area (Å²) >= 11 is 0. The minimum absolute atomic E-state index is 0.0719. The number of rotatable bonds is 3. The van der Waals surface area contributed by atoms with Crippen LogP contribution in [0.3, 0.4) is 0 Å². The van der Waals surface area contributed by atoms with Gasteiger partial charge in [0, 0.05) is 11.1 Å². The molecule has 0 spiro atoms. The fraction of sp³-hybridized carbons (Fsp3) is 0.300. The van der Waals surface area contributed by atoms with Crippen molar-refractivity contribution in [2.24, 2.45) is 0 Å². The van der Waals surface area contributed by atoms with E-state index in [2.05, 4.69) is 0 Å². The van der Waals surface area contributed by atoms with Gasteiger partial charge < -0.3 is 4.74 Å². The SMILES string of the molecule is COc1ccc(C(C)=O)cc1CF. The highest BCUT2D eigenvalue weighted by Crippen LogP contribution is 2.20. The molecule has 0 aliphatic carbocycles. The van der Waals surface area contributed by atoms with E-state index in [-0.39, 0.29) is 5.78 Å². The second-order valence-electron chi connectivity index (χ2n) is 2.72. The first kappa shape index (κ1) is 9.71. The normalized spacial score (nSPS) is 9.77. The summed E-state index contributed by atoms with van der Waals surface area (Å²) in [5.74, 6) is 0.407. The lowest BCUT2D eigenvalue weighted by molar-refractivity contribution is 0.101. The number of carbonyl (C=O) groups excluding carboxylic acids is 1. The molecule has 0 aromatic heterocycles. The highest BCUT2D eigenvalue weighted by molar-refractivity contribution is 5.94. The van der Waals surface area contributed by atoms with E-state index in [1.54, 1.807) is 12.1 Å². The number of alkyl halides is 1. The van der Waals surface area contributed by atoms with Crippen LogP contribution in [0.4, 0.5) is 4.39 Å². The Hall–Kier alpha value is -1.38. The summed E-state index contributed by atoms with van der Waals surface area (Å²) in [7, 11) is 1.47. The zero-order chi connectivity index (χ0) is 9.84. The van der Waals surface area contributed by atoms with Crippen molar-refractivity contribution in [3.05, 3.63) is 29.3 Å². The van der Waals surface area contributed by atoms with Crippen molar-refractivity contribution >= 4 is 5.78 Å². The number of methoxy groups -OCH3 is 1. The Kier molecular flexibility index (Phi) is 3.01. The third kappa shape index (κ3) is 2.05. The molecule has 70 valence electrons. The maximum absolute atomic E-state index is 12.4. The van der Waals surface area contributed by atoms with Crippen LogP contribution in [-0.4, -0.2) is 12.9 Å². The van der Waals surface area contributed by atoms with Crippen molar-refractivity contribution in [3.8, 4) is 5.75 Å². The minimum atomic E-state index is -0.621. The number of ether oxygens (including phenoxy) is 1. The number of halogens is 1. The summed E-state index contributed by atoms with van der Waals surface area (Å²) in [6, 6.07) is 4.74. The summed E-state index contributed by atoms with van der Waals surface area (Å²) in [5, 5.41) is 0. The largest absolute Gasteiger partial charge is 0.496 e. The number of benzene rings is 1. The lowest BCUT2D eigenvalue weighted by Gasteiger charge is -2.05. The molecule has 0 unspecified atom stereocenters. The Balaban J connectivity index is 3.13. The van der Waals surface area contributed by atoms with Crippen LogP contribution in [0.15, 0.2) is 18.2 Å². The van der Waals surface area contributed by atoms with Crippen LogP contribution in [0.2, 0.25) is 0 Å². The Morgan fingerprint density at radius 1 is 1.54 bits per heavy atom. The summed E-state index contributed by atoms with van der Waals surface area (Å²) < 4.78 is 17.3. The van der Waals surface area contributed by atoms with Crippen molar-refractivity contribution < 1.29 is 13.9 Å². The third-order valence-electron chi connectivity index (χ3n) is 1.83. The molecule has 13 heavy (non-hydrogen) atoms. The lowest BCUT2D eigenvalue weighted by Crippen LogP contribution is -1.96. The van der Waals surface area contributed by atoms with Crippen LogP contribution in [-0.2, 0) is 6.67 Å². The lowest BCUT2D eigenvalue weighted by atomic mass is 10.1. The molecular formula is C10H11FO2. The van der Waals surface area contributed by atoms with E-state index in [4.69, 9.17) is 4.74 Å². The van der Waals surface area contributed by atoms with Gasteiger partial charge in [-0.3, -0.25) is 4.79 Å². The van der Waals surface area contributed by atoms with E-state index in [1.807, 2.05) is 0 Å². The van der Waals surface area contributed by atoms with E-state index in [1.165, 1.54) is 20.1 Å². The molecule has 0 amide bonds. The highest BCUT2D eigenvalue weighted by atomic mass is 19.1. The number of hydrogen-bond acceptors (Lipinski definition) is 2. The number of carbonyl (C=O) groups is 1. The van der Waals surface area contributed by atoms with Crippen LogP contribution in [0, 0.1) is 0 Å². The zero-order valence-corrected chi connectivity index (χ0v) is 7.63. The molecule has 1 aromatic carbocycles. The standard InChI is InChI=1S/C10H11FO2/c1-7(12)8-3-4-10(13-2)9(5-8)6-11/h3-5H,6H2,1-2H3. The number of hydrogen-bond donors (Lipinski definition) is 0. The molecule has 0 atom stereocenters. The smallest absolute Gasteiger partial charge is 0.159 e. The predicted molar refractivity (Wildman–Crippen MR) is 47.8 cm³/mol. The quantitative estimate of drug-likeness (QED) is 0.671. The Bertz CT molecular complexity index is 321. The second kappa shape index (κ2) is 4.03. The summed E-state index contributed by atoms with van der Waals surface area (Å²) in [6.07, 6.45) is 0. The first-order chi connectivity index (χ1) is 6.19. The molecule has 1 aromatic rings. The molecule has 0 bridgehead atoms. The van der Waals surface area contributed by atoms with Crippen molar-refractivity contribution in [2.75, 3.05) is 7.11 Å². The maximum Gasteiger partial charge on any atom is 0.159 e. The molecule has 1 rings (SSSR count). The van der Waals surface area contributed by atoms with Gasteiger partial charge in [-0.05, 0) is 25.1 Å². The van der Waals surface area contributed by atoms with E-state index in [0.717, 1.165) is 0 Å². The van der Waals surface area contributed by atoms with Gasteiger partial charge in [-0.2, -0.15) is 0 Å². The second-order valence-corrected chi connectivity index (χ2v) is 2.72. The molecule has 0 aliphatic heterocycles. The first-order valence-corrected chi connectivity index (χ1v) is 3.93. The van der Waals surface area contributed by atoms with Gasteiger partial charge in [0.15, 0.2) is 5.78 Å². The van der Waals surface area contributed by atoms with Crippen molar-refractivity contribution in [1.82, 2.24) is 0 Å². The molecule has 0 aliphatic rings. The van der Waals surface area contributed by atoms with Crippen molar-refractivity contribution in [1.29, 1.82) is 0 Å². The van der Waals surface area contributed by atoms with Gasteiger partial charge in [-0.1, -0.05) is 0 Å². The zero-order valence-electron chi connectivity index (χ0n) is 7.63. The van der Waals surface area contributed by atoms with E-state index in [0.29, 0.717) is 16.9 Å². The Morgan fingerprint density at radius 2 is 2.23 bits per heavy atom. The fourth-order valence-corrected chi connectivity index (χ4v) is 1.10. The molecule has 0 saturated heterocycles. The Labute approximate surface area is 76.3 Å². The summed E-state index contributed by atoms with van der Waals surface area (Å²) in [6.45, 7) is 0.827. The van der Waals surface area contributed by atoms with E-state index in [9.17, 15) is 9.18 Å². The third-order valence-corrected chi connectivity index (χ3v) is 1.83. The number of ketones is 1. The first-order valence-electron chi connectivity index (χ1n) is 3.93. The summed E-state index contributed by atoms with van der Waals surface area (Å²) in [4.78, 5) is 10.9. The molecular weight excluding hydrogens is 171 g/mol. The molecule has 2 nitrogen and oxygen atoms in total. The average molecular weight is 182 g/mol. The van der Waals surface area contributed by atoms with E-state index >= 15 is 0 Å². The van der Waals surface area contributed by atoms with Gasteiger partial charge in [-0.15, -0.1) is 0 Å². The fourth-order valence-electron chi connectivity index (χ4n) is 1.10. The topological polar surface area (TPSA) is 26.3 Å². The van der Waals surface area contributed by atoms with Crippen LogP contribution in [0.1, 0.15) is 22.8 Å². The average Bonchev–Trinajstić information content (AvgIpc) is 2.16.